The molecular weight excluding hydrogens is 198 g/mol. The van der Waals surface area contributed by atoms with Crippen LogP contribution in [0.5, 0.6) is 0 Å². The van der Waals surface area contributed by atoms with Gasteiger partial charge in [-0.1, -0.05) is 20.8 Å². The lowest BCUT2D eigenvalue weighted by atomic mass is 10.0. The van der Waals surface area contributed by atoms with Crippen LogP contribution < -0.4 is 5.32 Å². The van der Waals surface area contributed by atoms with E-state index in [1.165, 1.54) is 12.1 Å². The number of hydrogen-bond acceptors (Lipinski definition) is 2. The van der Waals surface area contributed by atoms with E-state index < -0.39 is 0 Å². The maximum atomic E-state index is 4.59. The molecule has 0 aromatic carbocycles. The molecule has 0 fully saturated rings. The van der Waals surface area contributed by atoms with E-state index in [9.17, 15) is 0 Å². The van der Waals surface area contributed by atoms with Crippen LogP contribution in [-0.2, 0) is 0 Å². The first-order valence-corrected chi connectivity index (χ1v) is 6.29. The summed E-state index contributed by atoms with van der Waals surface area (Å²) in [7, 11) is 0. The Bertz CT molecular complexity index is 315. The molecule has 0 aliphatic rings. The topological polar surface area (TPSA) is 29.9 Å². The highest BCUT2D eigenvalue weighted by atomic mass is 15.3. The molecule has 0 saturated heterocycles. The molecule has 1 aromatic rings. The number of aryl methyl sites for hydroxylation is 2. The van der Waals surface area contributed by atoms with Crippen molar-refractivity contribution < 1.29 is 0 Å². The van der Waals surface area contributed by atoms with Crippen LogP contribution >= 0.6 is 0 Å². The zero-order chi connectivity index (χ0) is 12.1. The number of aromatic nitrogens is 2. The van der Waals surface area contributed by atoms with Crippen molar-refractivity contribution in [3.63, 3.8) is 0 Å². The molecule has 1 unspecified atom stereocenters. The van der Waals surface area contributed by atoms with E-state index in [1.54, 1.807) is 0 Å². The van der Waals surface area contributed by atoms with E-state index in [2.05, 4.69) is 55.8 Å². The summed E-state index contributed by atoms with van der Waals surface area (Å²) in [4.78, 5) is 0. The van der Waals surface area contributed by atoms with Crippen LogP contribution in [0, 0.1) is 19.8 Å². The Kier molecular flexibility index (Phi) is 5.00. The number of nitrogens with zero attached hydrogens (tertiary/aromatic N) is 2. The molecule has 92 valence electrons. The summed E-state index contributed by atoms with van der Waals surface area (Å²) in [6, 6.07) is 2.61. The van der Waals surface area contributed by atoms with Crippen molar-refractivity contribution in [3.8, 4) is 0 Å². The van der Waals surface area contributed by atoms with Crippen LogP contribution in [0.25, 0.3) is 0 Å². The van der Waals surface area contributed by atoms with Crippen molar-refractivity contribution in [3.05, 3.63) is 17.5 Å². The minimum Gasteiger partial charge on any atom is -0.315 e. The second-order valence-corrected chi connectivity index (χ2v) is 4.89. The number of hydrogen-bond donors (Lipinski definition) is 1. The van der Waals surface area contributed by atoms with Crippen molar-refractivity contribution in [2.45, 2.75) is 47.1 Å². The fraction of sp³-hybridized carbons (Fsp3) is 0.769. The number of nitrogens with one attached hydrogen (secondary N) is 1. The summed E-state index contributed by atoms with van der Waals surface area (Å²) >= 11 is 0. The van der Waals surface area contributed by atoms with Gasteiger partial charge in [0, 0.05) is 12.2 Å². The molecule has 0 spiro atoms. The summed E-state index contributed by atoms with van der Waals surface area (Å²) < 4.78 is 2.17. The molecule has 1 aromatic heterocycles. The summed E-state index contributed by atoms with van der Waals surface area (Å²) in [6.45, 7) is 13.0. The predicted molar refractivity (Wildman–Crippen MR) is 68.7 cm³/mol. The van der Waals surface area contributed by atoms with E-state index in [-0.39, 0.29) is 0 Å². The smallest absolute Gasteiger partial charge is 0.0669 e. The molecule has 0 bridgehead atoms. The van der Waals surface area contributed by atoms with Crippen molar-refractivity contribution in [1.82, 2.24) is 15.1 Å². The van der Waals surface area contributed by atoms with E-state index in [0.717, 1.165) is 18.8 Å². The SMILES string of the molecule is CCCNCC(C(C)C)n1nc(C)cc1C. The Morgan fingerprint density at radius 3 is 2.50 bits per heavy atom. The molecule has 3 nitrogen and oxygen atoms in total. The highest BCUT2D eigenvalue weighted by Gasteiger charge is 2.17. The molecule has 1 N–H and O–H groups in total. The van der Waals surface area contributed by atoms with Gasteiger partial charge in [0.2, 0.25) is 0 Å². The van der Waals surface area contributed by atoms with Crippen LogP contribution in [0.2, 0.25) is 0 Å². The summed E-state index contributed by atoms with van der Waals surface area (Å²) in [5, 5.41) is 8.08. The van der Waals surface area contributed by atoms with Gasteiger partial charge < -0.3 is 5.32 Å². The Balaban J connectivity index is 2.73. The van der Waals surface area contributed by atoms with Gasteiger partial charge in [-0.25, -0.2) is 0 Å². The molecule has 16 heavy (non-hydrogen) atoms. The quantitative estimate of drug-likeness (QED) is 0.751. The van der Waals surface area contributed by atoms with E-state index in [4.69, 9.17) is 0 Å². The second-order valence-electron chi connectivity index (χ2n) is 4.89. The largest absolute Gasteiger partial charge is 0.315 e. The van der Waals surface area contributed by atoms with E-state index >= 15 is 0 Å². The lowest BCUT2D eigenvalue weighted by Crippen LogP contribution is -2.30. The van der Waals surface area contributed by atoms with Crippen molar-refractivity contribution in [2.75, 3.05) is 13.1 Å². The summed E-state index contributed by atoms with van der Waals surface area (Å²) in [5.74, 6) is 0.599. The van der Waals surface area contributed by atoms with Gasteiger partial charge in [-0.05, 0) is 38.8 Å². The minimum atomic E-state index is 0.459. The summed E-state index contributed by atoms with van der Waals surface area (Å²) in [5.41, 5.74) is 2.37. The molecular formula is C13H25N3. The van der Waals surface area contributed by atoms with Gasteiger partial charge in [-0.15, -0.1) is 0 Å². The molecule has 1 atom stereocenters. The first kappa shape index (κ1) is 13.2. The Hall–Kier alpha value is -0.830. The van der Waals surface area contributed by atoms with Gasteiger partial charge in [0.05, 0.1) is 11.7 Å². The van der Waals surface area contributed by atoms with Crippen molar-refractivity contribution in [1.29, 1.82) is 0 Å². The summed E-state index contributed by atoms with van der Waals surface area (Å²) in [6.07, 6.45) is 1.18. The van der Waals surface area contributed by atoms with Gasteiger partial charge in [0.1, 0.15) is 0 Å². The predicted octanol–water partition coefficient (Wildman–Crippen LogP) is 2.70. The molecule has 0 aliphatic heterocycles. The lowest BCUT2D eigenvalue weighted by molar-refractivity contribution is 0.324. The average Bonchev–Trinajstić information content (AvgIpc) is 2.52. The third-order valence-corrected chi connectivity index (χ3v) is 2.91. The fourth-order valence-corrected chi connectivity index (χ4v) is 2.01. The van der Waals surface area contributed by atoms with Crippen LogP contribution in [0.4, 0.5) is 0 Å². The zero-order valence-corrected chi connectivity index (χ0v) is 11.2. The van der Waals surface area contributed by atoms with Gasteiger partial charge in [-0.3, -0.25) is 4.68 Å². The second kappa shape index (κ2) is 6.04. The lowest BCUT2D eigenvalue weighted by Gasteiger charge is -2.23. The third kappa shape index (κ3) is 3.34. The first-order valence-electron chi connectivity index (χ1n) is 6.29. The first-order chi connectivity index (χ1) is 7.56. The normalized spacial score (nSPS) is 13.4. The Morgan fingerprint density at radius 1 is 1.38 bits per heavy atom. The molecule has 1 heterocycles. The molecule has 0 amide bonds. The van der Waals surface area contributed by atoms with E-state index in [1.807, 2.05) is 0 Å². The highest BCUT2D eigenvalue weighted by Crippen LogP contribution is 2.18. The molecule has 3 heteroatoms. The Morgan fingerprint density at radius 2 is 2.06 bits per heavy atom. The fourth-order valence-electron chi connectivity index (χ4n) is 2.01. The maximum Gasteiger partial charge on any atom is 0.0669 e. The Labute approximate surface area is 99.2 Å². The number of rotatable bonds is 6. The molecule has 1 rings (SSSR count). The van der Waals surface area contributed by atoms with Crippen molar-refractivity contribution in [2.24, 2.45) is 5.92 Å². The van der Waals surface area contributed by atoms with Gasteiger partial charge in [0.25, 0.3) is 0 Å². The minimum absolute atomic E-state index is 0.459. The maximum absolute atomic E-state index is 4.59. The average molecular weight is 223 g/mol. The highest BCUT2D eigenvalue weighted by molar-refractivity contribution is 5.08. The zero-order valence-electron chi connectivity index (χ0n) is 11.2. The van der Waals surface area contributed by atoms with Gasteiger partial charge in [-0.2, -0.15) is 5.10 Å². The molecule has 0 radical (unpaired) electrons. The van der Waals surface area contributed by atoms with Crippen LogP contribution in [-0.4, -0.2) is 22.9 Å². The third-order valence-electron chi connectivity index (χ3n) is 2.91. The van der Waals surface area contributed by atoms with Crippen LogP contribution in [0.15, 0.2) is 6.07 Å². The van der Waals surface area contributed by atoms with E-state index in [0.29, 0.717) is 12.0 Å². The van der Waals surface area contributed by atoms with Crippen molar-refractivity contribution >= 4 is 0 Å². The molecule has 0 saturated carbocycles. The van der Waals surface area contributed by atoms with Gasteiger partial charge >= 0.3 is 0 Å². The monoisotopic (exact) mass is 223 g/mol. The standard InChI is InChI=1S/C13H25N3/c1-6-7-14-9-13(10(2)3)16-12(5)8-11(4)15-16/h8,10,13-14H,6-7,9H2,1-5H3. The molecule has 0 aliphatic carbocycles. The van der Waals surface area contributed by atoms with Crippen LogP contribution in [0.3, 0.4) is 0 Å². The van der Waals surface area contributed by atoms with Crippen LogP contribution in [0.1, 0.15) is 44.6 Å². The van der Waals surface area contributed by atoms with Gasteiger partial charge in [0.15, 0.2) is 0 Å².